The molecule has 9 heteroatoms. The van der Waals surface area contributed by atoms with Gasteiger partial charge in [-0.2, -0.15) is 0 Å². The second-order valence-corrected chi connectivity index (χ2v) is 7.61. The zero-order valence-electron chi connectivity index (χ0n) is 16.2. The molecule has 0 spiro atoms. The highest BCUT2D eigenvalue weighted by Crippen LogP contribution is 2.41. The summed E-state index contributed by atoms with van der Waals surface area (Å²) in [6.45, 7) is -0.602. The Morgan fingerprint density at radius 2 is 1.68 bits per heavy atom. The molecule has 0 amide bonds. The van der Waals surface area contributed by atoms with Gasteiger partial charge in [-0.25, -0.2) is 4.99 Å². The topological polar surface area (TPSA) is 145 Å². The Morgan fingerprint density at radius 3 is 2.42 bits per heavy atom. The van der Waals surface area contributed by atoms with Crippen LogP contribution in [0.1, 0.15) is 22.1 Å². The van der Waals surface area contributed by atoms with Crippen molar-refractivity contribution < 1.29 is 35.1 Å². The second-order valence-electron chi connectivity index (χ2n) is 7.61. The van der Waals surface area contributed by atoms with Gasteiger partial charge in [-0.1, -0.05) is 30.3 Å². The fourth-order valence-electron chi connectivity index (χ4n) is 4.27. The van der Waals surface area contributed by atoms with Crippen LogP contribution in [0.4, 0.5) is 5.69 Å². The zero-order chi connectivity index (χ0) is 21.9. The van der Waals surface area contributed by atoms with Crippen LogP contribution in [0.3, 0.4) is 0 Å². The number of nitrogens with zero attached hydrogens (tertiary/aromatic N) is 2. The van der Waals surface area contributed by atoms with Crippen molar-refractivity contribution in [2.24, 2.45) is 4.99 Å². The lowest BCUT2D eigenvalue weighted by molar-refractivity contribution is -0.251. The first-order valence-electron chi connectivity index (χ1n) is 9.79. The highest BCUT2D eigenvalue weighted by molar-refractivity contribution is 6.56. The third kappa shape index (κ3) is 2.83. The summed E-state index contributed by atoms with van der Waals surface area (Å²) >= 11 is 0. The molecule has 1 fully saturated rings. The number of ether oxygens (including phenoxy) is 1. The van der Waals surface area contributed by atoms with Gasteiger partial charge in [-0.3, -0.25) is 9.36 Å². The van der Waals surface area contributed by atoms with Gasteiger partial charge in [0.05, 0.1) is 23.4 Å². The van der Waals surface area contributed by atoms with Crippen molar-refractivity contribution >= 4 is 28.1 Å². The SMILES string of the molecule is O=C1C(c2c(O)n([C@@H]3O[C@H](CO)[C@@H](O)[C@H](O)[C@@H]3O)c3ccccc23)=Nc2ccccc21. The molecule has 2 aromatic carbocycles. The maximum absolute atomic E-state index is 13.0. The maximum atomic E-state index is 13.0. The van der Waals surface area contributed by atoms with Crippen LogP contribution in [0.2, 0.25) is 0 Å². The summed E-state index contributed by atoms with van der Waals surface area (Å²) in [5.74, 6) is -0.729. The third-order valence-corrected chi connectivity index (χ3v) is 5.84. The number of carbonyl (C=O) groups is 1. The van der Waals surface area contributed by atoms with Gasteiger partial charge in [0.1, 0.15) is 30.1 Å². The molecule has 0 bridgehead atoms. The molecule has 2 aliphatic heterocycles. The highest BCUT2D eigenvalue weighted by Gasteiger charge is 2.46. The van der Waals surface area contributed by atoms with Crippen molar-refractivity contribution in [2.75, 3.05) is 6.61 Å². The molecule has 3 aromatic rings. The summed E-state index contributed by atoms with van der Waals surface area (Å²) in [6, 6.07) is 13.6. The molecule has 5 atom stereocenters. The Morgan fingerprint density at radius 1 is 0.968 bits per heavy atom. The van der Waals surface area contributed by atoms with Crippen LogP contribution in [0, 0.1) is 0 Å². The fraction of sp³-hybridized carbons (Fsp3) is 0.273. The number of para-hydroxylation sites is 2. The van der Waals surface area contributed by atoms with E-state index in [1.54, 1.807) is 48.5 Å². The van der Waals surface area contributed by atoms with Crippen LogP contribution in [-0.4, -0.2) is 72.6 Å². The molecule has 31 heavy (non-hydrogen) atoms. The van der Waals surface area contributed by atoms with Crippen molar-refractivity contribution in [1.82, 2.24) is 4.57 Å². The van der Waals surface area contributed by atoms with E-state index in [1.807, 2.05) is 0 Å². The van der Waals surface area contributed by atoms with Crippen LogP contribution in [-0.2, 0) is 4.74 Å². The van der Waals surface area contributed by atoms with Crippen LogP contribution in [0.25, 0.3) is 10.9 Å². The number of aliphatic hydroxyl groups excluding tert-OH is 4. The Bertz CT molecular complexity index is 1220. The van der Waals surface area contributed by atoms with E-state index in [0.717, 1.165) is 0 Å². The number of ketones is 1. The molecule has 5 rings (SSSR count). The van der Waals surface area contributed by atoms with Gasteiger partial charge in [0.15, 0.2) is 6.23 Å². The second kappa shape index (κ2) is 7.26. The van der Waals surface area contributed by atoms with Gasteiger partial charge in [0, 0.05) is 10.9 Å². The maximum Gasteiger partial charge on any atom is 0.214 e. The van der Waals surface area contributed by atoms with E-state index in [2.05, 4.69) is 4.99 Å². The Hall–Kier alpha value is -3.08. The summed E-state index contributed by atoms with van der Waals surface area (Å²) in [7, 11) is 0. The third-order valence-electron chi connectivity index (χ3n) is 5.84. The van der Waals surface area contributed by atoms with E-state index in [4.69, 9.17) is 4.74 Å². The molecule has 0 saturated carbocycles. The van der Waals surface area contributed by atoms with Gasteiger partial charge < -0.3 is 30.3 Å². The number of fused-ring (bicyclic) bond motifs is 2. The van der Waals surface area contributed by atoms with Gasteiger partial charge >= 0.3 is 0 Å². The van der Waals surface area contributed by atoms with E-state index in [0.29, 0.717) is 22.2 Å². The predicted octanol–water partition coefficient (Wildman–Crippen LogP) is 0.636. The smallest absolute Gasteiger partial charge is 0.214 e. The normalized spacial score (nSPS) is 28.1. The molecule has 2 aliphatic rings. The van der Waals surface area contributed by atoms with E-state index in [-0.39, 0.29) is 22.9 Å². The number of Topliss-reactive ketones (excluding diaryl/α,β-unsaturated/α-hetero) is 1. The summed E-state index contributed by atoms with van der Waals surface area (Å²) in [5.41, 5.74) is 1.56. The van der Waals surface area contributed by atoms with Crippen LogP contribution in [0.5, 0.6) is 5.88 Å². The number of hydrogen-bond donors (Lipinski definition) is 5. The number of aliphatic imine (C=N–C) groups is 1. The molecule has 1 saturated heterocycles. The van der Waals surface area contributed by atoms with Gasteiger partial charge in [0.25, 0.3) is 0 Å². The van der Waals surface area contributed by atoms with Crippen LogP contribution >= 0.6 is 0 Å². The average molecular weight is 424 g/mol. The van der Waals surface area contributed by atoms with Crippen LogP contribution in [0.15, 0.2) is 53.5 Å². The number of hydrogen-bond acceptors (Lipinski definition) is 8. The summed E-state index contributed by atoms with van der Waals surface area (Å²) < 4.78 is 6.88. The van der Waals surface area contributed by atoms with Gasteiger partial charge in [-0.15, -0.1) is 0 Å². The van der Waals surface area contributed by atoms with Crippen molar-refractivity contribution in [1.29, 1.82) is 0 Å². The number of carbonyl (C=O) groups excluding carboxylic acids is 1. The van der Waals surface area contributed by atoms with Gasteiger partial charge in [0.2, 0.25) is 11.7 Å². The minimum absolute atomic E-state index is 0.0539. The molecular weight excluding hydrogens is 404 g/mol. The van der Waals surface area contributed by atoms with E-state index in [1.165, 1.54) is 4.57 Å². The quantitative estimate of drug-likeness (QED) is 0.415. The molecule has 0 radical (unpaired) electrons. The van der Waals surface area contributed by atoms with E-state index in [9.17, 15) is 30.3 Å². The fourth-order valence-corrected chi connectivity index (χ4v) is 4.27. The van der Waals surface area contributed by atoms with E-state index >= 15 is 0 Å². The summed E-state index contributed by atoms with van der Waals surface area (Å²) in [5, 5.41) is 52.1. The highest BCUT2D eigenvalue weighted by atomic mass is 16.6. The molecule has 3 heterocycles. The standard InChI is InChI=1S/C22H20N2O7/c25-9-14-18(27)19(28)20(29)22(31-14)24-13-8-4-2-6-11(13)15(21(24)30)16-17(26)10-5-1-3-7-12(10)23-16/h1-8,14,18-20,22,25,27-30H,9H2/t14-,18-,19+,20+,22-/m1/s1. The molecule has 1 aromatic heterocycles. The molecule has 0 aliphatic carbocycles. The number of aliphatic hydroxyl groups is 4. The minimum atomic E-state index is -1.62. The zero-order valence-corrected chi connectivity index (χ0v) is 16.2. The molecular formula is C22H20N2O7. The molecule has 5 N–H and O–H groups in total. The van der Waals surface area contributed by atoms with E-state index < -0.39 is 37.3 Å². The predicted molar refractivity (Wildman–Crippen MR) is 110 cm³/mol. The first kappa shape index (κ1) is 19.9. The van der Waals surface area contributed by atoms with Crippen molar-refractivity contribution in [2.45, 2.75) is 30.6 Å². The van der Waals surface area contributed by atoms with Gasteiger partial charge in [-0.05, 0) is 18.2 Å². The Labute approximate surface area is 176 Å². The Kier molecular flexibility index (Phi) is 4.65. The number of rotatable bonds is 3. The van der Waals surface area contributed by atoms with Crippen molar-refractivity contribution in [3.05, 3.63) is 59.7 Å². The number of aromatic hydroxyl groups is 1. The molecule has 160 valence electrons. The number of benzene rings is 2. The summed E-state index contributed by atoms with van der Waals surface area (Å²) in [6.07, 6.45) is -7.23. The lowest BCUT2D eigenvalue weighted by Gasteiger charge is -2.40. The lowest BCUT2D eigenvalue weighted by atomic mass is 9.98. The summed E-state index contributed by atoms with van der Waals surface area (Å²) in [4.78, 5) is 17.4. The molecule has 0 unspecified atom stereocenters. The average Bonchev–Trinajstić information content (AvgIpc) is 3.26. The minimum Gasteiger partial charge on any atom is -0.494 e. The monoisotopic (exact) mass is 424 g/mol. The molecule has 9 nitrogen and oxygen atoms in total. The first-order valence-corrected chi connectivity index (χ1v) is 9.79. The van der Waals surface area contributed by atoms with Crippen LogP contribution < -0.4 is 0 Å². The Balaban J connectivity index is 1.69. The van der Waals surface area contributed by atoms with Crippen molar-refractivity contribution in [3.8, 4) is 5.88 Å². The number of aromatic nitrogens is 1. The largest absolute Gasteiger partial charge is 0.494 e. The lowest BCUT2D eigenvalue weighted by Crippen LogP contribution is -2.56. The first-order chi connectivity index (χ1) is 14.9. The van der Waals surface area contributed by atoms with Crippen molar-refractivity contribution in [3.63, 3.8) is 0 Å².